The van der Waals surface area contributed by atoms with Crippen LogP contribution < -0.4 is 10.6 Å². The first-order valence-corrected chi connectivity index (χ1v) is 10.9. The third kappa shape index (κ3) is 4.04. The fourth-order valence-corrected chi connectivity index (χ4v) is 4.05. The normalized spacial score (nSPS) is 17.2. The molecule has 0 unspecified atom stereocenters. The second-order valence-corrected chi connectivity index (χ2v) is 9.08. The van der Waals surface area contributed by atoms with Crippen molar-refractivity contribution >= 4 is 17.3 Å². The molecule has 3 aromatic rings. The number of fused-ring (bicyclic) bond motifs is 1. The molecule has 3 heterocycles. The summed E-state index contributed by atoms with van der Waals surface area (Å²) in [4.78, 5) is 9.10. The quantitative estimate of drug-likeness (QED) is 0.522. The summed E-state index contributed by atoms with van der Waals surface area (Å²) in [5, 5.41) is 30.6. The predicted molar refractivity (Wildman–Crippen MR) is 125 cm³/mol. The van der Waals surface area contributed by atoms with Gasteiger partial charge in [0.05, 0.1) is 41.1 Å². The molecule has 1 atom stereocenters. The minimum Gasteiger partial charge on any atom is -0.395 e. The van der Waals surface area contributed by atoms with Crippen LogP contribution in [0.2, 0.25) is 0 Å². The monoisotopic (exact) mass is 431 g/mol. The largest absolute Gasteiger partial charge is 0.395 e. The maximum Gasteiger partial charge on any atom is 0.227 e. The van der Waals surface area contributed by atoms with Gasteiger partial charge in [-0.2, -0.15) is 10.4 Å². The van der Waals surface area contributed by atoms with E-state index in [0.717, 1.165) is 41.0 Å². The number of aliphatic hydroxyl groups is 1. The molecule has 2 aromatic heterocycles. The zero-order valence-corrected chi connectivity index (χ0v) is 19.0. The number of nitriles is 1. The Hall–Kier alpha value is -3.44. The predicted octanol–water partition coefficient (Wildman–Crippen LogP) is 3.76. The summed E-state index contributed by atoms with van der Waals surface area (Å²) in [5.74, 6) is 1.08. The van der Waals surface area contributed by atoms with Crippen LogP contribution in [0, 0.1) is 17.2 Å². The van der Waals surface area contributed by atoms with Gasteiger partial charge in [-0.15, -0.1) is 0 Å². The van der Waals surface area contributed by atoms with Crippen molar-refractivity contribution in [3.8, 4) is 17.3 Å². The lowest BCUT2D eigenvalue weighted by Gasteiger charge is -2.21. The van der Waals surface area contributed by atoms with Crippen LogP contribution in [0.5, 0.6) is 0 Å². The molecular weight excluding hydrogens is 402 g/mol. The number of rotatable bonds is 7. The number of benzene rings is 1. The third-order valence-electron chi connectivity index (χ3n) is 6.13. The highest BCUT2D eigenvalue weighted by Crippen LogP contribution is 2.41. The highest BCUT2D eigenvalue weighted by molar-refractivity contribution is 5.76. The minimum atomic E-state index is -0.438. The van der Waals surface area contributed by atoms with Crippen molar-refractivity contribution in [3.05, 3.63) is 47.4 Å². The molecule has 1 aliphatic heterocycles. The molecule has 166 valence electrons. The van der Waals surface area contributed by atoms with E-state index in [1.807, 2.05) is 36.9 Å². The van der Waals surface area contributed by atoms with E-state index in [0.29, 0.717) is 29.7 Å². The summed E-state index contributed by atoms with van der Waals surface area (Å²) >= 11 is 0. The van der Waals surface area contributed by atoms with Crippen LogP contribution in [-0.4, -0.2) is 38.0 Å². The zero-order valence-electron chi connectivity index (χ0n) is 19.0. The molecule has 3 N–H and O–H groups in total. The fraction of sp³-hybridized carbons (Fsp3) is 0.417. The number of anilines is 3. The first-order chi connectivity index (χ1) is 15.3. The lowest BCUT2D eigenvalue weighted by atomic mass is 9.83. The van der Waals surface area contributed by atoms with Gasteiger partial charge in [-0.1, -0.05) is 20.8 Å². The van der Waals surface area contributed by atoms with E-state index in [4.69, 9.17) is 4.98 Å². The zero-order chi connectivity index (χ0) is 22.9. The fourth-order valence-electron chi connectivity index (χ4n) is 4.05. The number of aryl methyl sites for hydroxylation is 1. The summed E-state index contributed by atoms with van der Waals surface area (Å²) < 4.78 is 1.89. The van der Waals surface area contributed by atoms with Crippen LogP contribution in [0.3, 0.4) is 0 Å². The number of nitrogens with zero attached hydrogens (tertiary/aromatic N) is 5. The van der Waals surface area contributed by atoms with E-state index in [2.05, 4.69) is 40.6 Å². The molecule has 0 amide bonds. The van der Waals surface area contributed by atoms with E-state index >= 15 is 0 Å². The average molecular weight is 432 g/mol. The molecule has 32 heavy (non-hydrogen) atoms. The molecule has 0 radical (unpaired) electrons. The highest BCUT2D eigenvalue weighted by Gasteiger charge is 2.36. The molecule has 0 saturated heterocycles. The third-order valence-corrected chi connectivity index (χ3v) is 6.13. The number of hydrogen-bond donors (Lipinski definition) is 3. The Morgan fingerprint density at radius 2 is 2.19 bits per heavy atom. The van der Waals surface area contributed by atoms with E-state index in [-0.39, 0.29) is 6.61 Å². The van der Waals surface area contributed by atoms with Crippen molar-refractivity contribution in [2.24, 2.45) is 13.0 Å². The minimum absolute atomic E-state index is 0.00192. The smallest absolute Gasteiger partial charge is 0.227 e. The van der Waals surface area contributed by atoms with Crippen LogP contribution in [0.1, 0.15) is 44.0 Å². The second kappa shape index (κ2) is 8.60. The number of hydrogen-bond acceptors (Lipinski definition) is 7. The van der Waals surface area contributed by atoms with Crippen molar-refractivity contribution < 1.29 is 5.11 Å². The average Bonchev–Trinajstić information content (AvgIpc) is 3.31. The van der Waals surface area contributed by atoms with Gasteiger partial charge in [-0.05, 0) is 42.5 Å². The van der Waals surface area contributed by atoms with E-state index < -0.39 is 5.41 Å². The summed E-state index contributed by atoms with van der Waals surface area (Å²) in [6.45, 7) is 7.00. The van der Waals surface area contributed by atoms with Crippen LogP contribution in [0.4, 0.5) is 17.3 Å². The van der Waals surface area contributed by atoms with Gasteiger partial charge in [-0.25, -0.2) is 9.97 Å². The lowest BCUT2D eigenvalue weighted by molar-refractivity contribution is 0.219. The van der Waals surface area contributed by atoms with Gasteiger partial charge in [0, 0.05) is 30.8 Å². The van der Waals surface area contributed by atoms with Crippen molar-refractivity contribution in [1.82, 2.24) is 19.7 Å². The van der Waals surface area contributed by atoms with Crippen molar-refractivity contribution in [2.45, 2.75) is 39.0 Å². The topological polar surface area (TPSA) is 112 Å². The SMILES string of the molecule is CC(C)CCc1c(Nc2nccc(-c3cc(C#N)c4c(c3)[C@@](C)(CO)CN4)n2)cnn1C. The molecule has 8 nitrogen and oxygen atoms in total. The summed E-state index contributed by atoms with van der Waals surface area (Å²) in [6.07, 6.45) is 5.49. The molecule has 8 heteroatoms. The summed E-state index contributed by atoms with van der Waals surface area (Å²) in [7, 11) is 1.94. The van der Waals surface area contributed by atoms with Crippen molar-refractivity contribution in [2.75, 3.05) is 23.8 Å². The van der Waals surface area contributed by atoms with Gasteiger partial charge in [-0.3, -0.25) is 4.68 Å². The van der Waals surface area contributed by atoms with Crippen molar-refractivity contribution in [3.63, 3.8) is 0 Å². The molecule has 0 bridgehead atoms. The van der Waals surface area contributed by atoms with Gasteiger partial charge in [0.15, 0.2) is 0 Å². The maximum absolute atomic E-state index is 9.94. The van der Waals surface area contributed by atoms with Crippen LogP contribution in [0.25, 0.3) is 11.3 Å². The number of aromatic nitrogens is 4. The Labute approximate surface area is 188 Å². The van der Waals surface area contributed by atoms with Crippen LogP contribution in [0.15, 0.2) is 30.6 Å². The second-order valence-electron chi connectivity index (χ2n) is 9.08. The van der Waals surface area contributed by atoms with E-state index in [9.17, 15) is 10.4 Å². The number of nitrogens with one attached hydrogen (secondary N) is 2. The first kappa shape index (κ1) is 21.8. The van der Waals surface area contributed by atoms with Gasteiger partial charge < -0.3 is 15.7 Å². The molecule has 4 rings (SSSR count). The molecule has 1 aromatic carbocycles. The Kier molecular flexibility index (Phi) is 5.85. The van der Waals surface area contributed by atoms with Gasteiger partial charge in [0.2, 0.25) is 5.95 Å². The molecule has 0 saturated carbocycles. The van der Waals surface area contributed by atoms with E-state index in [1.165, 1.54) is 0 Å². The Morgan fingerprint density at radius 1 is 1.38 bits per heavy atom. The number of aliphatic hydroxyl groups excluding tert-OH is 1. The molecule has 0 fully saturated rings. The van der Waals surface area contributed by atoms with Crippen LogP contribution >= 0.6 is 0 Å². The Morgan fingerprint density at radius 3 is 2.91 bits per heavy atom. The highest BCUT2D eigenvalue weighted by atomic mass is 16.3. The lowest BCUT2D eigenvalue weighted by Crippen LogP contribution is -2.28. The molecule has 1 aliphatic rings. The molecule has 0 spiro atoms. The molecule has 0 aliphatic carbocycles. The Bertz CT molecular complexity index is 1180. The molecular formula is C24H29N7O. The first-order valence-electron chi connectivity index (χ1n) is 10.9. The standard InChI is InChI=1S/C24H29N7O/c1-15(2)5-6-21-20(12-28-31(21)4)30-23-26-8-7-19(29-23)16-9-17(11-25)22-18(10-16)24(3,14-32)13-27-22/h7-10,12,15,27,32H,5-6,13-14H2,1-4H3,(H,26,29,30)/t24-/m1/s1. The van der Waals surface area contributed by atoms with E-state index in [1.54, 1.807) is 12.4 Å². The van der Waals surface area contributed by atoms with Crippen LogP contribution in [-0.2, 0) is 18.9 Å². The van der Waals surface area contributed by atoms with Crippen molar-refractivity contribution in [1.29, 1.82) is 5.26 Å². The van der Waals surface area contributed by atoms with Gasteiger partial charge in [0.1, 0.15) is 6.07 Å². The maximum atomic E-state index is 9.94. The Balaban J connectivity index is 1.67. The van der Waals surface area contributed by atoms with Gasteiger partial charge in [0.25, 0.3) is 0 Å². The summed E-state index contributed by atoms with van der Waals surface area (Å²) in [6, 6.07) is 7.95. The van der Waals surface area contributed by atoms with Gasteiger partial charge >= 0.3 is 0 Å². The summed E-state index contributed by atoms with van der Waals surface area (Å²) in [5.41, 5.74) is 5.38.